The molecule has 6 nitrogen and oxygen atoms in total. The van der Waals surface area contributed by atoms with Gasteiger partial charge in [-0.15, -0.1) is 0 Å². The molecule has 0 bridgehead atoms. The largest absolute Gasteiger partial charge is 0.480 e. The number of anilines is 1. The second kappa shape index (κ2) is 4.70. The first kappa shape index (κ1) is 13.4. The highest BCUT2D eigenvalue weighted by atomic mass is 79.9. The van der Waals surface area contributed by atoms with Crippen LogP contribution < -0.4 is 5.32 Å². The third-order valence-electron chi connectivity index (χ3n) is 2.15. The molecule has 2 N–H and O–H groups in total. The van der Waals surface area contributed by atoms with Crippen molar-refractivity contribution in [1.82, 2.24) is 0 Å². The van der Waals surface area contributed by atoms with Crippen LogP contribution in [0.5, 0.6) is 0 Å². The molecule has 92 valence electrons. The highest BCUT2D eigenvalue weighted by Crippen LogP contribution is 2.29. The Bertz CT molecular complexity index is 473. The van der Waals surface area contributed by atoms with Gasteiger partial charge in [0.1, 0.15) is 5.54 Å². The normalized spacial score (nSPS) is 11.0. The average Bonchev–Trinajstić information content (AvgIpc) is 2.20. The van der Waals surface area contributed by atoms with Gasteiger partial charge in [-0.1, -0.05) is 0 Å². The lowest BCUT2D eigenvalue weighted by Gasteiger charge is -2.23. The van der Waals surface area contributed by atoms with E-state index in [4.69, 9.17) is 5.11 Å². The lowest BCUT2D eigenvalue weighted by molar-refractivity contribution is -0.384. The summed E-state index contributed by atoms with van der Waals surface area (Å²) in [5, 5.41) is 22.3. The summed E-state index contributed by atoms with van der Waals surface area (Å²) in [5.74, 6) is -1.01. The van der Waals surface area contributed by atoms with Crippen molar-refractivity contribution >= 4 is 33.3 Å². The number of nitrogens with zero attached hydrogens (tertiary/aromatic N) is 1. The zero-order valence-electron chi connectivity index (χ0n) is 9.23. The van der Waals surface area contributed by atoms with Crippen molar-refractivity contribution in [2.45, 2.75) is 19.4 Å². The molecular formula is C10H11BrN2O4. The molecule has 0 aliphatic carbocycles. The molecule has 0 amide bonds. The van der Waals surface area contributed by atoms with Crippen molar-refractivity contribution in [1.29, 1.82) is 0 Å². The van der Waals surface area contributed by atoms with E-state index in [-0.39, 0.29) is 5.69 Å². The third kappa shape index (κ3) is 3.16. The molecule has 0 unspecified atom stereocenters. The van der Waals surface area contributed by atoms with Gasteiger partial charge in [0.2, 0.25) is 0 Å². The molecule has 7 heteroatoms. The number of nitrogens with one attached hydrogen (secondary N) is 1. The van der Waals surface area contributed by atoms with Gasteiger partial charge in [-0.2, -0.15) is 0 Å². The van der Waals surface area contributed by atoms with Gasteiger partial charge in [0.05, 0.1) is 4.92 Å². The topological polar surface area (TPSA) is 92.5 Å². The number of carbonyl (C=O) groups is 1. The van der Waals surface area contributed by atoms with E-state index in [1.54, 1.807) is 0 Å². The Morgan fingerprint density at radius 3 is 2.53 bits per heavy atom. The minimum Gasteiger partial charge on any atom is -0.480 e. The number of benzene rings is 1. The van der Waals surface area contributed by atoms with Crippen molar-refractivity contribution in [2.75, 3.05) is 5.32 Å². The minimum absolute atomic E-state index is 0.0597. The van der Waals surface area contributed by atoms with Crippen molar-refractivity contribution in [3.05, 3.63) is 32.8 Å². The van der Waals surface area contributed by atoms with Crippen LogP contribution in [0.1, 0.15) is 13.8 Å². The fraction of sp³-hybridized carbons (Fsp3) is 0.300. The molecule has 1 rings (SSSR count). The predicted molar refractivity (Wildman–Crippen MR) is 66.1 cm³/mol. The molecular weight excluding hydrogens is 292 g/mol. The molecule has 17 heavy (non-hydrogen) atoms. The second-order valence-corrected chi connectivity index (χ2v) is 4.83. The smallest absolute Gasteiger partial charge is 0.328 e. The van der Waals surface area contributed by atoms with Crippen molar-refractivity contribution < 1.29 is 14.8 Å². The van der Waals surface area contributed by atoms with E-state index < -0.39 is 16.4 Å². The first-order valence-corrected chi connectivity index (χ1v) is 5.49. The van der Waals surface area contributed by atoms with Crippen LogP contribution in [0.4, 0.5) is 11.4 Å². The van der Waals surface area contributed by atoms with Gasteiger partial charge in [-0.05, 0) is 35.8 Å². The number of rotatable bonds is 4. The Labute approximate surface area is 106 Å². The number of non-ortho nitro benzene ring substituents is 1. The van der Waals surface area contributed by atoms with Crippen molar-refractivity contribution in [3.63, 3.8) is 0 Å². The summed E-state index contributed by atoms with van der Waals surface area (Å²) >= 11 is 3.16. The van der Waals surface area contributed by atoms with Gasteiger partial charge < -0.3 is 10.4 Å². The Kier molecular flexibility index (Phi) is 3.72. The van der Waals surface area contributed by atoms with Gasteiger partial charge in [0, 0.05) is 22.3 Å². The standard InChI is InChI=1S/C10H11BrN2O4/c1-10(2,9(14)15)12-8-4-3-6(13(16)17)5-7(8)11/h3-5,12H,1-2H3,(H,14,15). The zero-order valence-corrected chi connectivity index (χ0v) is 10.8. The number of hydrogen-bond donors (Lipinski definition) is 2. The Morgan fingerprint density at radius 2 is 2.12 bits per heavy atom. The third-order valence-corrected chi connectivity index (χ3v) is 2.80. The monoisotopic (exact) mass is 302 g/mol. The van der Waals surface area contributed by atoms with Gasteiger partial charge in [-0.3, -0.25) is 10.1 Å². The molecule has 0 aromatic heterocycles. The fourth-order valence-electron chi connectivity index (χ4n) is 1.11. The molecule has 1 aromatic carbocycles. The van der Waals surface area contributed by atoms with Gasteiger partial charge in [-0.25, -0.2) is 4.79 Å². The maximum absolute atomic E-state index is 10.9. The maximum atomic E-state index is 10.9. The second-order valence-electron chi connectivity index (χ2n) is 3.98. The molecule has 0 aliphatic rings. The van der Waals surface area contributed by atoms with E-state index >= 15 is 0 Å². The summed E-state index contributed by atoms with van der Waals surface area (Å²) in [5.41, 5.74) is -0.725. The molecule has 0 saturated carbocycles. The number of nitro groups is 1. The lowest BCUT2D eigenvalue weighted by atomic mass is 10.1. The minimum atomic E-state index is -1.15. The lowest BCUT2D eigenvalue weighted by Crippen LogP contribution is -2.40. The summed E-state index contributed by atoms with van der Waals surface area (Å²) in [6.45, 7) is 3.01. The van der Waals surface area contributed by atoms with Crippen LogP contribution in [0, 0.1) is 10.1 Å². The fourth-order valence-corrected chi connectivity index (χ4v) is 1.57. The van der Waals surface area contributed by atoms with Crippen LogP contribution in [0.25, 0.3) is 0 Å². The highest BCUT2D eigenvalue weighted by molar-refractivity contribution is 9.10. The van der Waals surface area contributed by atoms with E-state index in [0.29, 0.717) is 10.2 Å². The Morgan fingerprint density at radius 1 is 1.53 bits per heavy atom. The van der Waals surface area contributed by atoms with Crippen LogP contribution in [0.15, 0.2) is 22.7 Å². The van der Waals surface area contributed by atoms with Gasteiger partial charge in [0.25, 0.3) is 5.69 Å². The van der Waals surface area contributed by atoms with E-state index in [2.05, 4.69) is 21.2 Å². The molecule has 0 atom stereocenters. The molecule has 0 saturated heterocycles. The average molecular weight is 303 g/mol. The molecule has 0 heterocycles. The van der Waals surface area contributed by atoms with Crippen LogP contribution in [0.3, 0.4) is 0 Å². The van der Waals surface area contributed by atoms with Gasteiger partial charge in [0.15, 0.2) is 0 Å². The van der Waals surface area contributed by atoms with E-state index in [9.17, 15) is 14.9 Å². The highest BCUT2D eigenvalue weighted by Gasteiger charge is 2.27. The van der Waals surface area contributed by atoms with Crippen molar-refractivity contribution in [3.8, 4) is 0 Å². The molecule has 0 fully saturated rings. The number of nitro benzene ring substituents is 1. The number of carboxylic acids is 1. The quantitative estimate of drug-likeness (QED) is 0.659. The van der Waals surface area contributed by atoms with Crippen molar-refractivity contribution in [2.24, 2.45) is 0 Å². The number of halogens is 1. The number of aliphatic carboxylic acids is 1. The van der Waals surface area contributed by atoms with Crippen LogP contribution in [-0.4, -0.2) is 21.5 Å². The summed E-state index contributed by atoms with van der Waals surface area (Å²) in [7, 11) is 0. The number of hydrogen-bond acceptors (Lipinski definition) is 4. The summed E-state index contributed by atoms with van der Waals surface area (Å²) < 4.78 is 0.445. The Balaban J connectivity index is 3.02. The molecule has 0 aliphatic heterocycles. The van der Waals surface area contributed by atoms with Crippen LogP contribution in [-0.2, 0) is 4.79 Å². The van der Waals surface area contributed by atoms with E-state index in [0.717, 1.165) is 0 Å². The first-order valence-electron chi connectivity index (χ1n) is 4.69. The molecule has 1 aromatic rings. The van der Waals surface area contributed by atoms with Gasteiger partial charge >= 0.3 is 5.97 Å². The van der Waals surface area contributed by atoms with E-state index in [1.807, 2.05) is 0 Å². The Hall–Kier alpha value is -1.63. The predicted octanol–water partition coefficient (Wildman–Crippen LogP) is 2.63. The zero-order chi connectivity index (χ0) is 13.2. The molecule has 0 radical (unpaired) electrons. The maximum Gasteiger partial charge on any atom is 0.328 e. The first-order chi connectivity index (χ1) is 7.74. The van der Waals surface area contributed by atoms with Crippen LogP contribution in [0.2, 0.25) is 0 Å². The van der Waals surface area contributed by atoms with E-state index in [1.165, 1.54) is 32.0 Å². The summed E-state index contributed by atoms with van der Waals surface area (Å²) in [4.78, 5) is 20.9. The van der Waals surface area contributed by atoms with Crippen LogP contribution >= 0.6 is 15.9 Å². The summed E-state index contributed by atoms with van der Waals surface area (Å²) in [6, 6.07) is 4.10. The SMILES string of the molecule is CC(C)(Nc1ccc([N+](=O)[O-])cc1Br)C(=O)O. The molecule has 0 spiro atoms. The summed E-state index contributed by atoms with van der Waals surface area (Å²) in [6.07, 6.45) is 0. The number of carboxylic acid groups (broad SMARTS) is 1.